The largest absolute Gasteiger partial charge is 0.376 e. The van der Waals surface area contributed by atoms with Gasteiger partial charge in [0.1, 0.15) is 0 Å². The van der Waals surface area contributed by atoms with Crippen molar-refractivity contribution in [2.45, 2.75) is 45.8 Å². The monoisotopic (exact) mass is 183 g/mol. The first-order valence-electron chi connectivity index (χ1n) is 5.11. The summed E-state index contributed by atoms with van der Waals surface area (Å²) in [6, 6.07) is 0.0601. The highest BCUT2D eigenvalue weighted by molar-refractivity contribution is 5.02. The summed E-state index contributed by atoms with van der Waals surface area (Å²) in [5, 5.41) is 3.24. The Kier molecular flexibility index (Phi) is 7.77. The van der Waals surface area contributed by atoms with Crippen molar-refractivity contribution in [3.8, 4) is 12.3 Å². The summed E-state index contributed by atoms with van der Waals surface area (Å²) in [5.41, 5.74) is 0. The van der Waals surface area contributed by atoms with E-state index in [4.69, 9.17) is 11.2 Å². The highest BCUT2D eigenvalue weighted by Gasteiger charge is 2.17. The average molecular weight is 183 g/mol. The lowest BCUT2D eigenvalue weighted by molar-refractivity contribution is 0.0420. The molecule has 0 spiro atoms. The second-order valence-electron chi connectivity index (χ2n) is 2.98. The van der Waals surface area contributed by atoms with E-state index in [9.17, 15) is 0 Å². The van der Waals surface area contributed by atoms with E-state index in [-0.39, 0.29) is 12.1 Å². The predicted molar refractivity (Wildman–Crippen MR) is 56.6 cm³/mol. The van der Waals surface area contributed by atoms with Crippen LogP contribution in [-0.4, -0.2) is 25.3 Å². The molecule has 0 aromatic heterocycles. The van der Waals surface area contributed by atoms with Gasteiger partial charge < -0.3 is 10.1 Å². The first-order valence-corrected chi connectivity index (χ1v) is 5.11. The van der Waals surface area contributed by atoms with Crippen molar-refractivity contribution in [1.29, 1.82) is 0 Å². The first-order chi connectivity index (χ1) is 6.29. The first kappa shape index (κ1) is 12.5. The zero-order valence-electron chi connectivity index (χ0n) is 8.97. The highest BCUT2D eigenvalue weighted by Crippen LogP contribution is 2.06. The molecule has 0 aliphatic heterocycles. The van der Waals surface area contributed by atoms with Crippen molar-refractivity contribution in [2.75, 3.05) is 13.2 Å². The maximum Gasteiger partial charge on any atom is 0.0952 e. The van der Waals surface area contributed by atoms with Gasteiger partial charge in [-0.05, 0) is 19.9 Å². The van der Waals surface area contributed by atoms with Crippen LogP contribution >= 0.6 is 0 Å². The summed E-state index contributed by atoms with van der Waals surface area (Å²) in [6.07, 6.45) is 7.72. The second kappa shape index (κ2) is 8.10. The molecular weight excluding hydrogens is 162 g/mol. The molecule has 0 bridgehead atoms. The molecular formula is C11H21NO. The van der Waals surface area contributed by atoms with E-state index >= 15 is 0 Å². The summed E-state index contributed by atoms with van der Waals surface area (Å²) in [5.74, 6) is 2.74. The van der Waals surface area contributed by atoms with Crippen LogP contribution in [-0.2, 0) is 4.74 Å². The molecule has 0 radical (unpaired) electrons. The number of ether oxygens (including phenoxy) is 1. The van der Waals surface area contributed by atoms with E-state index < -0.39 is 0 Å². The predicted octanol–water partition coefficient (Wildman–Crippen LogP) is 1.80. The van der Waals surface area contributed by atoms with Gasteiger partial charge in [0, 0.05) is 6.61 Å². The maximum atomic E-state index is 5.58. The van der Waals surface area contributed by atoms with Gasteiger partial charge in [0.15, 0.2) is 0 Å². The van der Waals surface area contributed by atoms with E-state index in [0.717, 1.165) is 26.0 Å². The lowest BCUT2D eigenvalue weighted by atomic mass is 10.1. The van der Waals surface area contributed by atoms with Crippen LogP contribution in [0.25, 0.3) is 0 Å². The summed E-state index contributed by atoms with van der Waals surface area (Å²) < 4.78 is 5.58. The van der Waals surface area contributed by atoms with Crippen LogP contribution in [0.3, 0.4) is 0 Å². The number of hydrogen-bond donors (Lipinski definition) is 1. The molecule has 2 unspecified atom stereocenters. The van der Waals surface area contributed by atoms with Crippen LogP contribution in [0.4, 0.5) is 0 Å². The van der Waals surface area contributed by atoms with Gasteiger partial charge in [-0.3, -0.25) is 0 Å². The summed E-state index contributed by atoms with van der Waals surface area (Å²) in [6.45, 7) is 7.82. The summed E-state index contributed by atoms with van der Waals surface area (Å²) >= 11 is 0. The Morgan fingerprint density at radius 2 is 2.08 bits per heavy atom. The molecule has 0 aromatic carbocycles. The van der Waals surface area contributed by atoms with Gasteiger partial charge in [0.2, 0.25) is 0 Å². The van der Waals surface area contributed by atoms with Crippen molar-refractivity contribution < 1.29 is 4.74 Å². The van der Waals surface area contributed by atoms with Crippen LogP contribution in [0, 0.1) is 12.3 Å². The Labute approximate surface area is 82.1 Å². The molecule has 0 fully saturated rings. The van der Waals surface area contributed by atoms with Crippen LogP contribution in [0.5, 0.6) is 0 Å². The number of hydrogen-bond acceptors (Lipinski definition) is 2. The fourth-order valence-corrected chi connectivity index (χ4v) is 1.36. The van der Waals surface area contributed by atoms with Gasteiger partial charge >= 0.3 is 0 Å². The third-order valence-electron chi connectivity index (χ3n) is 1.93. The SMILES string of the molecule is C#CC(NCC)C(CCC)OCC. The standard InChI is InChI=1S/C11H21NO/c1-5-9-11(13-8-4)10(6-2)12-7-3/h2,10-12H,5,7-9H2,1,3-4H3. The molecule has 0 rings (SSSR count). The van der Waals surface area contributed by atoms with Crippen molar-refractivity contribution in [3.05, 3.63) is 0 Å². The topological polar surface area (TPSA) is 21.3 Å². The van der Waals surface area contributed by atoms with Crippen LogP contribution in [0.2, 0.25) is 0 Å². The van der Waals surface area contributed by atoms with E-state index in [1.54, 1.807) is 0 Å². The van der Waals surface area contributed by atoms with Gasteiger partial charge in [0.25, 0.3) is 0 Å². The molecule has 0 amide bonds. The smallest absolute Gasteiger partial charge is 0.0952 e. The lowest BCUT2D eigenvalue weighted by Crippen LogP contribution is -2.40. The maximum absolute atomic E-state index is 5.58. The second-order valence-corrected chi connectivity index (χ2v) is 2.98. The van der Waals surface area contributed by atoms with E-state index in [2.05, 4.69) is 25.1 Å². The normalized spacial score (nSPS) is 14.9. The molecule has 13 heavy (non-hydrogen) atoms. The van der Waals surface area contributed by atoms with Gasteiger partial charge in [-0.2, -0.15) is 0 Å². The molecule has 2 atom stereocenters. The van der Waals surface area contributed by atoms with E-state index in [1.165, 1.54) is 0 Å². The molecule has 2 heteroatoms. The van der Waals surface area contributed by atoms with Crippen LogP contribution in [0.15, 0.2) is 0 Å². The molecule has 76 valence electrons. The molecule has 0 saturated heterocycles. The number of terminal acetylenes is 1. The highest BCUT2D eigenvalue weighted by atomic mass is 16.5. The molecule has 2 nitrogen and oxygen atoms in total. The minimum absolute atomic E-state index is 0.0601. The fourth-order valence-electron chi connectivity index (χ4n) is 1.36. The fraction of sp³-hybridized carbons (Fsp3) is 0.818. The van der Waals surface area contributed by atoms with Gasteiger partial charge in [-0.15, -0.1) is 6.42 Å². The van der Waals surface area contributed by atoms with Gasteiger partial charge in [0.05, 0.1) is 12.1 Å². The van der Waals surface area contributed by atoms with E-state index in [0.29, 0.717) is 0 Å². The molecule has 0 saturated carbocycles. The quantitative estimate of drug-likeness (QED) is 0.608. The van der Waals surface area contributed by atoms with Crippen LogP contribution < -0.4 is 5.32 Å². The molecule has 0 aromatic rings. The van der Waals surface area contributed by atoms with E-state index in [1.807, 2.05) is 6.92 Å². The average Bonchev–Trinajstić information content (AvgIpc) is 2.14. The Balaban J connectivity index is 4.05. The van der Waals surface area contributed by atoms with Crippen molar-refractivity contribution >= 4 is 0 Å². The molecule has 0 aliphatic rings. The van der Waals surface area contributed by atoms with Gasteiger partial charge in [-0.1, -0.05) is 26.2 Å². The Morgan fingerprint density at radius 3 is 2.46 bits per heavy atom. The van der Waals surface area contributed by atoms with Crippen molar-refractivity contribution in [2.24, 2.45) is 0 Å². The minimum Gasteiger partial charge on any atom is -0.376 e. The van der Waals surface area contributed by atoms with Crippen LogP contribution in [0.1, 0.15) is 33.6 Å². The summed E-state index contributed by atoms with van der Waals surface area (Å²) in [7, 11) is 0. The summed E-state index contributed by atoms with van der Waals surface area (Å²) in [4.78, 5) is 0. The molecule has 1 N–H and O–H groups in total. The number of likely N-dealkylation sites (N-methyl/N-ethyl adjacent to an activating group) is 1. The molecule has 0 aliphatic carbocycles. The minimum atomic E-state index is 0.0601. The number of rotatable bonds is 7. The third kappa shape index (κ3) is 4.92. The molecule has 0 heterocycles. The zero-order valence-corrected chi connectivity index (χ0v) is 8.97. The lowest BCUT2D eigenvalue weighted by Gasteiger charge is -2.23. The Morgan fingerprint density at radius 1 is 1.38 bits per heavy atom. The third-order valence-corrected chi connectivity index (χ3v) is 1.93. The number of nitrogens with one attached hydrogen (secondary N) is 1. The Hall–Kier alpha value is -0.520. The Bertz CT molecular complexity index is 145. The van der Waals surface area contributed by atoms with Gasteiger partial charge in [-0.25, -0.2) is 0 Å². The van der Waals surface area contributed by atoms with Crippen molar-refractivity contribution in [3.63, 3.8) is 0 Å². The zero-order chi connectivity index (χ0) is 10.1. The van der Waals surface area contributed by atoms with Crippen molar-refractivity contribution in [1.82, 2.24) is 5.32 Å².